The van der Waals surface area contributed by atoms with Crippen LogP contribution in [0.5, 0.6) is 0 Å². The molecular formula is C19H28N10O. The van der Waals surface area contributed by atoms with E-state index in [9.17, 15) is 0 Å². The summed E-state index contributed by atoms with van der Waals surface area (Å²) in [6.07, 6.45) is 8.23. The van der Waals surface area contributed by atoms with Crippen molar-refractivity contribution in [1.29, 1.82) is 0 Å². The van der Waals surface area contributed by atoms with Crippen LogP contribution in [-0.2, 0) is 18.8 Å². The predicted molar refractivity (Wildman–Crippen MR) is 113 cm³/mol. The third-order valence-electron chi connectivity index (χ3n) is 6.02. The molecule has 5 rings (SSSR count). The standard InChI is InChI=1S/C19H28N10O/c1-27-12-14(11-20-27)22-19-23-17(16-18(24-19)25-26-28(16)2)21-13-3-5-15(6-4-13)29-7-9-30-10-8-29/h11-13,15H,3-10H2,1-2H3,(H2,21,22,23,24). The Morgan fingerprint density at radius 1 is 1.07 bits per heavy atom. The lowest BCUT2D eigenvalue weighted by Gasteiger charge is -2.39. The van der Waals surface area contributed by atoms with Crippen molar-refractivity contribution in [1.82, 2.24) is 39.6 Å². The molecule has 1 saturated heterocycles. The molecule has 2 aliphatic rings. The Morgan fingerprint density at radius 2 is 1.87 bits per heavy atom. The molecule has 3 aromatic heterocycles. The molecule has 0 atom stereocenters. The van der Waals surface area contributed by atoms with Gasteiger partial charge in [0.05, 0.1) is 25.1 Å². The van der Waals surface area contributed by atoms with Gasteiger partial charge < -0.3 is 15.4 Å². The van der Waals surface area contributed by atoms with Crippen molar-refractivity contribution in [3.05, 3.63) is 12.4 Å². The first-order chi connectivity index (χ1) is 14.7. The number of ether oxygens (including phenoxy) is 1. The van der Waals surface area contributed by atoms with Gasteiger partial charge in [-0.25, -0.2) is 4.68 Å². The van der Waals surface area contributed by atoms with Gasteiger partial charge in [0.1, 0.15) is 5.52 Å². The van der Waals surface area contributed by atoms with Crippen LogP contribution in [-0.4, -0.2) is 78.0 Å². The Bertz CT molecular complexity index is 1000. The number of morpholine rings is 1. The Kier molecular flexibility index (Phi) is 5.21. The van der Waals surface area contributed by atoms with E-state index in [-0.39, 0.29) is 0 Å². The third kappa shape index (κ3) is 3.94. The van der Waals surface area contributed by atoms with Crippen LogP contribution in [0.3, 0.4) is 0 Å². The molecule has 0 unspecified atom stereocenters. The van der Waals surface area contributed by atoms with Gasteiger partial charge in [0.2, 0.25) is 11.6 Å². The highest BCUT2D eigenvalue weighted by Gasteiger charge is 2.28. The van der Waals surface area contributed by atoms with E-state index in [1.807, 2.05) is 20.3 Å². The third-order valence-corrected chi connectivity index (χ3v) is 6.02. The van der Waals surface area contributed by atoms with Crippen LogP contribution >= 0.6 is 0 Å². The van der Waals surface area contributed by atoms with Crippen molar-refractivity contribution in [3.8, 4) is 0 Å². The fraction of sp³-hybridized carbons (Fsp3) is 0.632. The number of anilines is 3. The fourth-order valence-electron chi connectivity index (χ4n) is 4.46. The number of nitrogens with zero attached hydrogens (tertiary/aromatic N) is 8. The number of fused-ring (bicyclic) bond motifs is 1. The molecule has 0 aromatic carbocycles. The van der Waals surface area contributed by atoms with Crippen LogP contribution in [0, 0.1) is 0 Å². The molecule has 1 aliphatic carbocycles. The molecular weight excluding hydrogens is 384 g/mol. The number of hydrogen-bond acceptors (Lipinski definition) is 9. The lowest BCUT2D eigenvalue weighted by molar-refractivity contribution is 0.00791. The zero-order valence-corrected chi connectivity index (χ0v) is 17.5. The van der Waals surface area contributed by atoms with Crippen molar-refractivity contribution in [2.45, 2.75) is 37.8 Å². The topological polar surface area (TPSA) is 111 Å². The number of rotatable bonds is 5. The second kappa shape index (κ2) is 8.15. The van der Waals surface area contributed by atoms with Crippen LogP contribution < -0.4 is 10.6 Å². The summed E-state index contributed by atoms with van der Waals surface area (Å²) >= 11 is 0. The summed E-state index contributed by atoms with van der Waals surface area (Å²) in [5.41, 5.74) is 2.23. The second-order valence-electron chi connectivity index (χ2n) is 8.11. The molecule has 0 spiro atoms. The highest BCUT2D eigenvalue weighted by atomic mass is 16.5. The average Bonchev–Trinajstić information content (AvgIpc) is 3.34. The van der Waals surface area contributed by atoms with Crippen molar-refractivity contribution < 1.29 is 4.74 Å². The summed E-state index contributed by atoms with van der Waals surface area (Å²) in [5, 5.41) is 19.4. The van der Waals surface area contributed by atoms with Crippen LogP contribution in [0.25, 0.3) is 11.2 Å². The van der Waals surface area contributed by atoms with Gasteiger partial charge in [-0.3, -0.25) is 9.58 Å². The van der Waals surface area contributed by atoms with E-state index in [2.05, 4.69) is 35.9 Å². The van der Waals surface area contributed by atoms with Crippen molar-refractivity contribution >= 4 is 28.6 Å². The zero-order valence-electron chi connectivity index (χ0n) is 17.5. The Hall–Kier alpha value is -2.79. The summed E-state index contributed by atoms with van der Waals surface area (Å²) in [4.78, 5) is 11.8. The Labute approximate surface area is 174 Å². The maximum Gasteiger partial charge on any atom is 0.231 e. The molecule has 0 bridgehead atoms. The summed E-state index contributed by atoms with van der Waals surface area (Å²) in [7, 11) is 3.74. The minimum Gasteiger partial charge on any atom is -0.379 e. The first-order valence-corrected chi connectivity index (χ1v) is 10.6. The van der Waals surface area contributed by atoms with Crippen LogP contribution in [0.2, 0.25) is 0 Å². The lowest BCUT2D eigenvalue weighted by atomic mass is 9.90. The molecule has 160 valence electrons. The molecule has 30 heavy (non-hydrogen) atoms. The predicted octanol–water partition coefficient (Wildman–Crippen LogP) is 1.29. The maximum atomic E-state index is 5.50. The second-order valence-corrected chi connectivity index (χ2v) is 8.11. The van der Waals surface area contributed by atoms with E-state index in [4.69, 9.17) is 9.72 Å². The molecule has 2 fully saturated rings. The smallest absolute Gasteiger partial charge is 0.231 e. The van der Waals surface area contributed by atoms with Gasteiger partial charge in [0, 0.05) is 45.5 Å². The van der Waals surface area contributed by atoms with E-state index < -0.39 is 0 Å². The zero-order chi connectivity index (χ0) is 20.5. The van der Waals surface area contributed by atoms with Crippen molar-refractivity contribution in [2.24, 2.45) is 14.1 Å². The van der Waals surface area contributed by atoms with Crippen LogP contribution in [0.4, 0.5) is 17.5 Å². The maximum absolute atomic E-state index is 5.50. The van der Waals surface area contributed by atoms with E-state index in [1.54, 1.807) is 15.6 Å². The van der Waals surface area contributed by atoms with E-state index >= 15 is 0 Å². The Balaban J connectivity index is 1.31. The van der Waals surface area contributed by atoms with Gasteiger partial charge in [-0.05, 0) is 25.7 Å². The largest absolute Gasteiger partial charge is 0.379 e. The molecule has 1 saturated carbocycles. The molecule has 11 nitrogen and oxygen atoms in total. The van der Waals surface area contributed by atoms with Crippen LogP contribution in [0.15, 0.2) is 12.4 Å². The molecule has 0 amide bonds. The quantitative estimate of drug-likeness (QED) is 0.640. The summed E-state index contributed by atoms with van der Waals surface area (Å²) in [6, 6.07) is 1.04. The Morgan fingerprint density at radius 3 is 2.60 bits per heavy atom. The number of aromatic nitrogens is 7. The van der Waals surface area contributed by atoms with Gasteiger partial charge in [-0.15, -0.1) is 5.10 Å². The summed E-state index contributed by atoms with van der Waals surface area (Å²) in [6.45, 7) is 3.83. The molecule has 0 radical (unpaired) electrons. The van der Waals surface area contributed by atoms with Gasteiger partial charge >= 0.3 is 0 Å². The molecule has 2 N–H and O–H groups in total. The lowest BCUT2D eigenvalue weighted by Crippen LogP contribution is -2.46. The highest BCUT2D eigenvalue weighted by Crippen LogP contribution is 2.28. The summed E-state index contributed by atoms with van der Waals surface area (Å²) < 4.78 is 8.96. The monoisotopic (exact) mass is 412 g/mol. The number of aryl methyl sites for hydroxylation is 2. The van der Waals surface area contributed by atoms with Gasteiger partial charge in [0.25, 0.3) is 0 Å². The van der Waals surface area contributed by atoms with E-state index in [0.29, 0.717) is 23.7 Å². The normalized spacial score (nSPS) is 23.0. The van der Waals surface area contributed by atoms with Gasteiger partial charge in [-0.1, -0.05) is 5.21 Å². The molecule has 1 aliphatic heterocycles. The molecule has 11 heteroatoms. The number of hydrogen-bond donors (Lipinski definition) is 2. The van der Waals surface area contributed by atoms with Crippen molar-refractivity contribution in [3.63, 3.8) is 0 Å². The SMILES string of the molecule is Cn1cc(Nc2nc(NC3CCC(N4CCOCC4)CC3)c3c(nnn3C)n2)cn1. The van der Waals surface area contributed by atoms with Crippen molar-refractivity contribution in [2.75, 3.05) is 36.9 Å². The minimum atomic E-state index is 0.376. The van der Waals surface area contributed by atoms with Gasteiger partial charge in [0.15, 0.2) is 5.82 Å². The summed E-state index contributed by atoms with van der Waals surface area (Å²) in [5.74, 6) is 1.26. The van der Waals surface area contributed by atoms with E-state index in [1.165, 1.54) is 12.8 Å². The van der Waals surface area contributed by atoms with Crippen LogP contribution in [0.1, 0.15) is 25.7 Å². The minimum absolute atomic E-state index is 0.376. The molecule has 4 heterocycles. The number of nitrogens with one attached hydrogen (secondary N) is 2. The van der Waals surface area contributed by atoms with Gasteiger partial charge in [-0.2, -0.15) is 15.1 Å². The first kappa shape index (κ1) is 19.2. The average molecular weight is 413 g/mol. The molecule has 3 aromatic rings. The fourth-order valence-corrected chi connectivity index (χ4v) is 4.46. The highest BCUT2D eigenvalue weighted by molar-refractivity contribution is 5.84. The van der Waals surface area contributed by atoms with E-state index in [0.717, 1.165) is 56.2 Å². The first-order valence-electron chi connectivity index (χ1n) is 10.6.